The number of benzene rings is 1. The SMILES string of the molecule is CCCCn1c(N)c(C(=O)O[C@H](C)CC)c2nc3ccccc3nc21. The van der Waals surface area contributed by atoms with Gasteiger partial charge in [0, 0.05) is 6.54 Å². The minimum absolute atomic E-state index is 0.172. The first-order valence-electron chi connectivity index (χ1n) is 8.82. The number of hydrogen-bond acceptors (Lipinski definition) is 5. The van der Waals surface area contributed by atoms with Crippen LogP contribution in [0.4, 0.5) is 5.82 Å². The smallest absolute Gasteiger partial charge is 0.344 e. The van der Waals surface area contributed by atoms with Crippen molar-refractivity contribution < 1.29 is 9.53 Å². The van der Waals surface area contributed by atoms with Gasteiger partial charge in [-0.25, -0.2) is 14.8 Å². The first-order chi connectivity index (χ1) is 12.1. The summed E-state index contributed by atoms with van der Waals surface area (Å²) in [7, 11) is 0. The molecule has 0 aliphatic heterocycles. The second-order valence-corrected chi connectivity index (χ2v) is 6.27. The molecule has 2 heterocycles. The van der Waals surface area contributed by atoms with Gasteiger partial charge >= 0.3 is 5.97 Å². The number of carbonyl (C=O) groups is 1. The molecule has 2 aromatic heterocycles. The summed E-state index contributed by atoms with van der Waals surface area (Å²) in [5.41, 5.74) is 9.32. The fourth-order valence-electron chi connectivity index (χ4n) is 2.79. The molecule has 0 saturated carbocycles. The average molecular weight is 340 g/mol. The number of para-hydroxylation sites is 2. The number of esters is 1. The van der Waals surface area contributed by atoms with Crippen molar-refractivity contribution in [3.05, 3.63) is 29.8 Å². The maximum Gasteiger partial charge on any atom is 0.344 e. The molecule has 2 N–H and O–H groups in total. The number of nitrogens with two attached hydrogens (primary N) is 1. The number of ether oxygens (including phenoxy) is 1. The van der Waals surface area contributed by atoms with Gasteiger partial charge in [0.1, 0.15) is 16.9 Å². The van der Waals surface area contributed by atoms with Gasteiger partial charge in [0.2, 0.25) is 0 Å². The van der Waals surface area contributed by atoms with E-state index in [-0.39, 0.29) is 6.10 Å². The fraction of sp³-hybridized carbons (Fsp3) is 0.421. The maximum absolute atomic E-state index is 12.7. The Kier molecular flexibility index (Phi) is 4.88. The van der Waals surface area contributed by atoms with E-state index in [4.69, 9.17) is 15.5 Å². The number of anilines is 1. The summed E-state index contributed by atoms with van der Waals surface area (Å²) in [5.74, 6) is -0.0521. The number of nitrogen functional groups attached to an aromatic ring is 1. The van der Waals surface area contributed by atoms with Gasteiger partial charge < -0.3 is 15.0 Å². The van der Waals surface area contributed by atoms with Crippen LogP contribution in [-0.4, -0.2) is 26.6 Å². The quantitative estimate of drug-likeness (QED) is 0.688. The zero-order valence-electron chi connectivity index (χ0n) is 15.0. The molecular weight excluding hydrogens is 316 g/mol. The minimum Gasteiger partial charge on any atom is -0.459 e. The Morgan fingerprint density at radius 3 is 2.56 bits per heavy atom. The normalized spacial score (nSPS) is 12.6. The lowest BCUT2D eigenvalue weighted by Gasteiger charge is -2.11. The summed E-state index contributed by atoms with van der Waals surface area (Å²) < 4.78 is 7.38. The van der Waals surface area contributed by atoms with Crippen molar-refractivity contribution in [2.24, 2.45) is 0 Å². The van der Waals surface area contributed by atoms with Crippen molar-refractivity contribution in [1.29, 1.82) is 0 Å². The van der Waals surface area contributed by atoms with Crippen LogP contribution < -0.4 is 5.73 Å². The minimum atomic E-state index is -0.434. The molecule has 6 nitrogen and oxygen atoms in total. The lowest BCUT2D eigenvalue weighted by Crippen LogP contribution is -2.16. The van der Waals surface area contributed by atoms with E-state index in [1.807, 2.05) is 42.7 Å². The molecule has 1 atom stereocenters. The van der Waals surface area contributed by atoms with E-state index in [2.05, 4.69) is 11.9 Å². The van der Waals surface area contributed by atoms with Crippen molar-refractivity contribution in [1.82, 2.24) is 14.5 Å². The maximum atomic E-state index is 12.7. The van der Waals surface area contributed by atoms with Gasteiger partial charge in [-0.1, -0.05) is 32.4 Å². The summed E-state index contributed by atoms with van der Waals surface area (Å²) in [5, 5.41) is 0. The summed E-state index contributed by atoms with van der Waals surface area (Å²) in [6.45, 7) is 6.65. The highest BCUT2D eigenvalue weighted by Gasteiger charge is 2.25. The molecule has 25 heavy (non-hydrogen) atoms. The summed E-state index contributed by atoms with van der Waals surface area (Å²) in [4.78, 5) is 22.1. The van der Waals surface area contributed by atoms with Crippen LogP contribution in [0.5, 0.6) is 0 Å². The van der Waals surface area contributed by atoms with E-state index in [9.17, 15) is 4.79 Å². The van der Waals surface area contributed by atoms with Gasteiger partial charge in [0.05, 0.1) is 17.1 Å². The molecule has 1 aromatic carbocycles. The molecule has 6 heteroatoms. The van der Waals surface area contributed by atoms with Crippen molar-refractivity contribution in [3.63, 3.8) is 0 Å². The Morgan fingerprint density at radius 2 is 1.92 bits per heavy atom. The van der Waals surface area contributed by atoms with Crippen LogP contribution in [0.3, 0.4) is 0 Å². The Hall–Kier alpha value is -2.63. The molecule has 0 fully saturated rings. The Balaban J connectivity index is 2.21. The largest absolute Gasteiger partial charge is 0.459 e. The monoisotopic (exact) mass is 340 g/mol. The molecule has 0 radical (unpaired) electrons. The molecule has 0 aliphatic rings. The van der Waals surface area contributed by atoms with E-state index in [1.54, 1.807) is 0 Å². The molecule has 0 spiro atoms. The van der Waals surface area contributed by atoms with Gasteiger partial charge in [-0.15, -0.1) is 0 Å². The van der Waals surface area contributed by atoms with Gasteiger partial charge in [0.25, 0.3) is 0 Å². The molecule has 0 amide bonds. The van der Waals surface area contributed by atoms with E-state index >= 15 is 0 Å². The van der Waals surface area contributed by atoms with Gasteiger partial charge in [-0.3, -0.25) is 0 Å². The molecule has 0 aliphatic carbocycles. The molecular formula is C19H24N4O2. The van der Waals surface area contributed by atoms with E-state index in [1.165, 1.54) is 0 Å². The first-order valence-corrected chi connectivity index (χ1v) is 8.82. The highest BCUT2D eigenvalue weighted by Crippen LogP contribution is 2.29. The molecule has 132 valence electrons. The number of nitrogens with zero attached hydrogens (tertiary/aromatic N) is 3. The number of hydrogen-bond donors (Lipinski definition) is 1. The Morgan fingerprint density at radius 1 is 1.24 bits per heavy atom. The van der Waals surface area contributed by atoms with Crippen molar-refractivity contribution in [2.75, 3.05) is 5.73 Å². The molecule has 0 unspecified atom stereocenters. The first kappa shape index (κ1) is 17.2. The third kappa shape index (κ3) is 3.16. The van der Waals surface area contributed by atoms with E-state index in [0.717, 1.165) is 30.3 Å². The number of fused-ring (bicyclic) bond motifs is 2. The van der Waals surface area contributed by atoms with Crippen LogP contribution in [-0.2, 0) is 11.3 Å². The Labute approximate surface area is 147 Å². The van der Waals surface area contributed by atoms with Crippen LogP contribution in [0.2, 0.25) is 0 Å². The topological polar surface area (TPSA) is 83.0 Å². The molecule has 0 saturated heterocycles. The lowest BCUT2D eigenvalue weighted by atomic mass is 10.2. The molecule has 3 aromatic rings. The third-order valence-corrected chi connectivity index (χ3v) is 4.41. The van der Waals surface area contributed by atoms with Gasteiger partial charge in [-0.2, -0.15) is 0 Å². The van der Waals surface area contributed by atoms with Crippen molar-refractivity contribution >= 4 is 34.0 Å². The second-order valence-electron chi connectivity index (χ2n) is 6.27. The van der Waals surface area contributed by atoms with Crippen LogP contribution in [0, 0.1) is 0 Å². The molecule has 3 rings (SSSR count). The average Bonchev–Trinajstić information content (AvgIpc) is 2.88. The van der Waals surface area contributed by atoms with Crippen LogP contribution in [0.1, 0.15) is 50.4 Å². The predicted molar refractivity (Wildman–Crippen MR) is 99.5 cm³/mol. The predicted octanol–water partition coefficient (Wildman–Crippen LogP) is 3.92. The van der Waals surface area contributed by atoms with Crippen LogP contribution in [0.25, 0.3) is 22.2 Å². The molecule has 0 bridgehead atoms. The standard InChI is InChI=1S/C19H24N4O2/c1-4-6-11-23-17(20)15(19(24)25-12(3)5-2)16-18(23)22-14-10-8-7-9-13(14)21-16/h7-10,12H,4-6,11,20H2,1-3H3/t12-/m1/s1. The number of carbonyl (C=O) groups excluding carboxylic acids is 1. The highest BCUT2D eigenvalue weighted by atomic mass is 16.5. The summed E-state index contributed by atoms with van der Waals surface area (Å²) in [6.07, 6.45) is 2.54. The number of rotatable bonds is 6. The zero-order valence-corrected chi connectivity index (χ0v) is 15.0. The van der Waals surface area contributed by atoms with Gasteiger partial charge in [-0.05, 0) is 31.9 Å². The van der Waals surface area contributed by atoms with E-state index in [0.29, 0.717) is 29.1 Å². The second kappa shape index (κ2) is 7.09. The van der Waals surface area contributed by atoms with Crippen molar-refractivity contribution in [2.45, 2.75) is 52.7 Å². The fourth-order valence-corrected chi connectivity index (χ4v) is 2.79. The summed E-state index contributed by atoms with van der Waals surface area (Å²) in [6, 6.07) is 7.61. The lowest BCUT2D eigenvalue weighted by molar-refractivity contribution is 0.0338. The zero-order chi connectivity index (χ0) is 18.0. The number of aryl methyl sites for hydroxylation is 1. The number of unbranched alkanes of at least 4 members (excludes halogenated alkanes) is 1. The summed E-state index contributed by atoms with van der Waals surface area (Å²) >= 11 is 0. The van der Waals surface area contributed by atoms with Crippen molar-refractivity contribution in [3.8, 4) is 0 Å². The van der Waals surface area contributed by atoms with Crippen LogP contribution >= 0.6 is 0 Å². The van der Waals surface area contributed by atoms with Crippen LogP contribution in [0.15, 0.2) is 24.3 Å². The van der Waals surface area contributed by atoms with E-state index < -0.39 is 5.97 Å². The third-order valence-electron chi connectivity index (χ3n) is 4.41. The Bertz CT molecular complexity index is 917. The highest BCUT2D eigenvalue weighted by molar-refractivity contribution is 6.08. The van der Waals surface area contributed by atoms with Gasteiger partial charge in [0.15, 0.2) is 5.65 Å². The number of aromatic nitrogens is 3.